The van der Waals surface area contributed by atoms with Crippen LogP contribution in [0.5, 0.6) is 0 Å². The average molecular weight is 352 g/mol. The minimum Gasteiger partial charge on any atom is -0.450 e. The summed E-state index contributed by atoms with van der Waals surface area (Å²) >= 11 is 0. The number of rotatable bonds is 4. The van der Waals surface area contributed by atoms with E-state index in [-0.39, 0.29) is 12.1 Å². The number of amides is 1. The first-order valence-electron chi connectivity index (χ1n) is 8.43. The maximum atomic E-state index is 13.6. The molecule has 3 rings (SSSR count). The van der Waals surface area contributed by atoms with E-state index in [0.717, 1.165) is 4.57 Å². The van der Waals surface area contributed by atoms with Crippen molar-refractivity contribution in [2.75, 3.05) is 32.8 Å². The quantitative estimate of drug-likeness (QED) is 0.847. The number of halogens is 2. The first-order chi connectivity index (χ1) is 12.0. The summed E-state index contributed by atoms with van der Waals surface area (Å²) in [5.74, 6) is 0.348. The van der Waals surface area contributed by atoms with Crippen LogP contribution in [0, 0.1) is 0 Å². The molecule has 0 radical (unpaired) electrons. The average Bonchev–Trinajstić information content (AvgIpc) is 3.01. The summed E-state index contributed by atoms with van der Waals surface area (Å²) in [6.45, 7) is 3.54. The lowest BCUT2D eigenvalue weighted by atomic mass is 10.2. The molecule has 25 heavy (non-hydrogen) atoms. The molecule has 1 atom stereocenters. The summed E-state index contributed by atoms with van der Waals surface area (Å²) in [7, 11) is 0. The van der Waals surface area contributed by atoms with Crippen LogP contribution in [0.2, 0.25) is 0 Å². The molecule has 0 aliphatic carbocycles. The number of nitrogens with zero attached hydrogens (tertiary/aromatic N) is 4. The lowest BCUT2D eigenvalue weighted by Gasteiger charge is -2.37. The van der Waals surface area contributed by atoms with Gasteiger partial charge in [-0.05, 0) is 26.0 Å². The standard InChI is InChI=1S/C17H22F2N4O2/c1-3-25-17(24)22-10-8-21(9-11-22)12(2)15-20-13-6-4-5-7-14(13)23(15)16(18)19/h4-7,12,16H,3,8-11H2,1-2H3. The molecule has 1 amide bonds. The number of para-hydroxylation sites is 2. The lowest BCUT2D eigenvalue weighted by molar-refractivity contribution is 0.0517. The highest BCUT2D eigenvalue weighted by Crippen LogP contribution is 2.29. The monoisotopic (exact) mass is 352 g/mol. The van der Waals surface area contributed by atoms with Crippen molar-refractivity contribution in [3.05, 3.63) is 30.1 Å². The van der Waals surface area contributed by atoms with Gasteiger partial charge in [0.1, 0.15) is 5.82 Å². The number of hydrogen-bond acceptors (Lipinski definition) is 4. The fourth-order valence-electron chi connectivity index (χ4n) is 3.23. The van der Waals surface area contributed by atoms with Crippen molar-refractivity contribution in [1.82, 2.24) is 19.4 Å². The third kappa shape index (κ3) is 3.44. The van der Waals surface area contributed by atoms with Crippen LogP contribution in [0.3, 0.4) is 0 Å². The highest BCUT2D eigenvalue weighted by Gasteiger charge is 2.29. The Morgan fingerprint density at radius 1 is 1.24 bits per heavy atom. The van der Waals surface area contributed by atoms with Gasteiger partial charge >= 0.3 is 12.6 Å². The second-order valence-corrected chi connectivity index (χ2v) is 6.00. The Bertz CT molecular complexity index is 741. The summed E-state index contributed by atoms with van der Waals surface area (Å²) in [4.78, 5) is 19.9. The molecule has 0 N–H and O–H groups in total. The molecule has 0 bridgehead atoms. The normalized spacial score (nSPS) is 17.2. The zero-order chi connectivity index (χ0) is 18.0. The SMILES string of the molecule is CCOC(=O)N1CCN(C(C)c2nc3ccccc3n2C(F)F)CC1. The van der Waals surface area contributed by atoms with Crippen LogP contribution < -0.4 is 0 Å². The van der Waals surface area contributed by atoms with E-state index in [1.807, 2.05) is 6.92 Å². The van der Waals surface area contributed by atoms with E-state index >= 15 is 0 Å². The maximum absolute atomic E-state index is 13.6. The largest absolute Gasteiger partial charge is 0.450 e. The van der Waals surface area contributed by atoms with E-state index in [0.29, 0.717) is 49.6 Å². The fourth-order valence-corrected chi connectivity index (χ4v) is 3.23. The number of carbonyl (C=O) groups excluding carboxylic acids is 1. The van der Waals surface area contributed by atoms with Gasteiger partial charge in [0, 0.05) is 26.2 Å². The van der Waals surface area contributed by atoms with Gasteiger partial charge < -0.3 is 9.64 Å². The van der Waals surface area contributed by atoms with Crippen molar-refractivity contribution >= 4 is 17.1 Å². The number of ether oxygens (including phenoxy) is 1. The predicted molar refractivity (Wildman–Crippen MR) is 89.6 cm³/mol. The first kappa shape index (κ1) is 17.6. The van der Waals surface area contributed by atoms with E-state index in [2.05, 4.69) is 9.88 Å². The second-order valence-electron chi connectivity index (χ2n) is 6.00. The molecule has 1 aromatic carbocycles. The van der Waals surface area contributed by atoms with Crippen LogP contribution in [0.15, 0.2) is 24.3 Å². The molecule has 1 saturated heterocycles. The summed E-state index contributed by atoms with van der Waals surface area (Å²) < 4.78 is 33.2. The predicted octanol–water partition coefficient (Wildman–Crippen LogP) is 3.27. The molecule has 1 fully saturated rings. The molecule has 1 aromatic heterocycles. The molecule has 0 saturated carbocycles. The number of hydrogen-bond donors (Lipinski definition) is 0. The molecular formula is C17H22F2N4O2. The van der Waals surface area contributed by atoms with E-state index < -0.39 is 6.55 Å². The molecule has 6 nitrogen and oxygen atoms in total. The maximum Gasteiger partial charge on any atom is 0.409 e. The van der Waals surface area contributed by atoms with E-state index in [1.165, 1.54) is 0 Å². The molecule has 136 valence electrons. The Labute approximate surface area is 145 Å². The molecule has 1 unspecified atom stereocenters. The van der Waals surface area contributed by atoms with E-state index in [1.54, 1.807) is 36.1 Å². The van der Waals surface area contributed by atoms with Gasteiger partial charge in [0.05, 0.1) is 23.7 Å². The Morgan fingerprint density at radius 2 is 1.92 bits per heavy atom. The smallest absolute Gasteiger partial charge is 0.409 e. The van der Waals surface area contributed by atoms with Crippen LogP contribution in [0.4, 0.5) is 13.6 Å². The molecule has 1 aliphatic heterocycles. The van der Waals surface area contributed by atoms with Crippen molar-refractivity contribution in [3.8, 4) is 0 Å². The van der Waals surface area contributed by atoms with Crippen molar-refractivity contribution < 1.29 is 18.3 Å². The van der Waals surface area contributed by atoms with Gasteiger partial charge in [-0.2, -0.15) is 8.78 Å². The topological polar surface area (TPSA) is 50.6 Å². The van der Waals surface area contributed by atoms with Crippen molar-refractivity contribution in [3.63, 3.8) is 0 Å². The first-order valence-corrected chi connectivity index (χ1v) is 8.43. The molecule has 2 heterocycles. The number of imidazole rings is 1. The highest BCUT2D eigenvalue weighted by atomic mass is 19.3. The number of piperazine rings is 1. The Kier molecular flexibility index (Phi) is 5.17. The number of benzene rings is 1. The number of alkyl halides is 2. The molecule has 8 heteroatoms. The van der Waals surface area contributed by atoms with Crippen molar-refractivity contribution in [1.29, 1.82) is 0 Å². The zero-order valence-electron chi connectivity index (χ0n) is 14.4. The Hall–Kier alpha value is -2.22. The summed E-state index contributed by atoms with van der Waals surface area (Å²) in [5.41, 5.74) is 0.999. The lowest BCUT2D eigenvalue weighted by Crippen LogP contribution is -2.49. The highest BCUT2D eigenvalue weighted by molar-refractivity contribution is 5.76. The van der Waals surface area contributed by atoms with Crippen LogP contribution in [-0.4, -0.2) is 58.2 Å². The number of fused-ring (bicyclic) bond motifs is 1. The summed E-state index contributed by atoms with van der Waals surface area (Å²) in [5, 5.41) is 0. The van der Waals surface area contributed by atoms with Crippen molar-refractivity contribution in [2.45, 2.75) is 26.4 Å². The second kappa shape index (κ2) is 7.35. The minimum absolute atomic E-state index is 0.272. The zero-order valence-corrected chi connectivity index (χ0v) is 14.4. The number of carbonyl (C=O) groups is 1. The van der Waals surface area contributed by atoms with Gasteiger partial charge in [-0.15, -0.1) is 0 Å². The van der Waals surface area contributed by atoms with Gasteiger partial charge in [-0.25, -0.2) is 9.78 Å². The van der Waals surface area contributed by atoms with Crippen LogP contribution in [0.1, 0.15) is 32.3 Å². The molecule has 1 aliphatic rings. The van der Waals surface area contributed by atoms with E-state index in [4.69, 9.17) is 4.74 Å². The van der Waals surface area contributed by atoms with Crippen LogP contribution in [-0.2, 0) is 4.74 Å². The Morgan fingerprint density at radius 3 is 2.56 bits per heavy atom. The third-order valence-electron chi connectivity index (χ3n) is 4.58. The molecule has 0 spiro atoms. The third-order valence-corrected chi connectivity index (χ3v) is 4.58. The number of aromatic nitrogens is 2. The Balaban J connectivity index is 1.78. The van der Waals surface area contributed by atoms with Crippen LogP contribution >= 0.6 is 0 Å². The van der Waals surface area contributed by atoms with Gasteiger partial charge in [-0.1, -0.05) is 12.1 Å². The molecular weight excluding hydrogens is 330 g/mol. The van der Waals surface area contributed by atoms with Gasteiger partial charge in [-0.3, -0.25) is 9.47 Å². The van der Waals surface area contributed by atoms with Gasteiger partial charge in [0.2, 0.25) is 0 Å². The minimum atomic E-state index is -2.65. The summed E-state index contributed by atoms with van der Waals surface area (Å²) in [6.07, 6.45) is -0.324. The fraction of sp³-hybridized carbons (Fsp3) is 0.529. The van der Waals surface area contributed by atoms with E-state index in [9.17, 15) is 13.6 Å². The molecule has 2 aromatic rings. The van der Waals surface area contributed by atoms with Gasteiger partial charge in [0.25, 0.3) is 0 Å². The van der Waals surface area contributed by atoms with Crippen LogP contribution in [0.25, 0.3) is 11.0 Å². The summed E-state index contributed by atoms with van der Waals surface area (Å²) in [6, 6.07) is 6.64. The van der Waals surface area contributed by atoms with Crippen molar-refractivity contribution in [2.24, 2.45) is 0 Å². The van der Waals surface area contributed by atoms with Gasteiger partial charge in [0.15, 0.2) is 0 Å².